The number of aromatic nitrogens is 2. The number of aryl methyl sites for hydroxylation is 4. The Hall–Kier alpha value is -1.89. The lowest BCUT2D eigenvalue weighted by atomic mass is 10.1. The molecule has 2 aromatic rings. The van der Waals surface area contributed by atoms with Crippen molar-refractivity contribution >= 4 is 17.3 Å². The van der Waals surface area contributed by atoms with Gasteiger partial charge in [0.15, 0.2) is 5.96 Å². The highest BCUT2D eigenvalue weighted by atomic mass is 32.1. The van der Waals surface area contributed by atoms with Crippen LogP contribution < -0.4 is 10.6 Å². The second-order valence-electron chi connectivity index (χ2n) is 5.51. The molecule has 0 amide bonds. The zero-order valence-corrected chi connectivity index (χ0v) is 15.3. The van der Waals surface area contributed by atoms with Gasteiger partial charge in [0.1, 0.15) is 10.8 Å². The number of nitrogens with one attached hydrogen (secondary N) is 2. The van der Waals surface area contributed by atoms with Gasteiger partial charge in [-0.2, -0.15) is 0 Å². The molecule has 2 aromatic heterocycles. The number of nitrogens with zero attached hydrogens (tertiary/aromatic N) is 3. The molecule has 0 bridgehead atoms. The lowest BCUT2D eigenvalue weighted by Gasteiger charge is -2.10. The van der Waals surface area contributed by atoms with E-state index in [0.29, 0.717) is 6.54 Å². The first-order chi connectivity index (χ1) is 11.0. The SMILES string of the molecule is CN=C(NCCCc1c(C)noc1C)NCc1nc(C)c(C)s1. The molecule has 0 saturated heterocycles. The molecule has 6 nitrogen and oxygen atoms in total. The van der Waals surface area contributed by atoms with Crippen LogP contribution in [0.25, 0.3) is 0 Å². The zero-order valence-electron chi connectivity index (χ0n) is 14.5. The van der Waals surface area contributed by atoms with Crippen LogP contribution in [0.1, 0.15) is 39.0 Å². The molecule has 23 heavy (non-hydrogen) atoms. The molecular weight excluding hydrogens is 310 g/mol. The van der Waals surface area contributed by atoms with Crippen LogP contribution in [-0.2, 0) is 13.0 Å². The highest BCUT2D eigenvalue weighted by molar-refractivity contribution is 7.11. The third-order valence-electron chi connectivity index (χ3n) is 3.78. The summed E-state index contributed by atoms with van der Waals surface area (Å²) in [5, 5.41) is 11.7. The fourth-order valence-corrected chi connectivity index (χ4v) is 3.20. The standard InChI is InChI=1S/C16H25N5OS/c1-10-13(4)23-15(20-10)9-19-16(17-5)18-8-6-7-14-11(2)21-22-12(14)3/h6-9H2,1-5H3,(H2,17,18,19). The van der Waals surface area contributed by atoms with Gasteiger partial charge in [-0.25, -0.2) is 4.98 Å². The van der Waals surface area contributed by atoms with Crippen molar-refractivity contribution in [1.29, 1.82) is 0 Å². The number of hydrogen-bond acceptors (Lipinski definition) is 5. The normalized spacial score (nSPS) is 11.8. The van der Waals surface area contributed by atoms with E-state index >= 15 is 0 Å². The summed E-state index contributed by atoms with van der Waals surface area (Å²) in [6.07, 6.45) is 1.95. The average molecular weight is 335 g/mol. The van der Waals surface area contributed by atoms with Crippen LogP contribution in [0.4, 0.5) is 0 Å². The molecule has 0 aliphatic heterocycles. The van der Waals surface area contributed by atoms with Crippen LogP contribution >= 0.6 is 11.3 Å². The second kappa shape index (κ2) is 8.10. The predicted molar refractivity (Wildman–Crippen MR) is 94.1 cm³/mol. The fraction of sp³-hybridized carbons (Fsp3) is 0.562. The van der Waals surface area contributed by atoms with Crippen molar-refractivity contribution in [2.45, 2.75) is 47.1 Å². The summed E-state index contributed by atoms with van der Waals surface area (Å²) in [5.41, 5.74) is 3.30. The first kappa shape index (κ1) is 17.5. The van der Waals surface area contributed by atoms with Gasteiger partial charge in [-0.1, -0.05) is 5.16 Å². The van der Waals surface area contributed by atoms with Crippen LogP contribution in [-0.4, -0.2) is 29.7 Å². The quantitative estimate of drug-likeness (QED) is 0.482. The maximum Gasteiger partial charge on any atom is 0.191 e. The van der Waals surface area contributed by atoms with E-state index < -0.39 is 0 Å². The summed E-state index contributed by atoms with van der Waals surface area (Å²) >= 11 is 1.72. The predicted octanol–water partition coefficient (Wildman–Crippen LogP) is 2.66. The van der Waals surface area contributed by atoms with Gasteiger partial charge < -0.3 is 15.2 Å². The van der Waals surface area contributed by atoms with Crippen molar-refractivity contribution in [2.75, 3.05) is 13.6 Å². The Balaban J connectivity index is 1.73. The molecule has 0 unspecified atom stereocenters. The van der Waals surface area contributed by atoms with Gasteiger partial charge in [0, 0.05) is 24.0 Å². The van der Waals surface area contributed by atoms with Crippen molar-refractivity contribution in [3.8, 4) is 0 Å². The highest BCUT2D eigenvalue weighted by Gasteiger charge is 2.08. The molecule has 126 valence electrons. The third kappa shape index (κ3) is 4.79. The van der Waals surface area contributed by atoms with Crippen molar-refractivity contribution in [1.82, 2.24) is 20.8 Å². The van der Waals surface area contributed by atoms with Crippen LogP contribution in [0.5, 0.6) is 0 Å². The maximum atomic E-state index is 5.18. The molecule has 0 fully saturated rings. The highest BCUT2D eigenvalue weighted by Crippen LogP contribution is 2.16. The Labute approximate surface area is 141 Å². The molecule has 0 spiro atoms. The van der Waals surface area contributed by atoms with Crippen LogP contribution in [0, 0.1) is 27.7 Å². The Morgan fingerprint density at radius 1 is 1.17 bits per heavy atom. The topological polar surface area (TPSA) is 75.3 Å². The lowest BCUT2D eigenvalue weighted by molar-refractivity contribution is 0.392. The van der Waals surface area contributed by atoms with Crippen LogP contribution in [0.15, 0.2) is 9.52 Å². The van der Waals surface area contributed by atoms with Gasteiger partial charge >= 0.3 is 0 Å². The molecule has 2 N–H and O–H groups in total. The van der Waals surface area contributed by atoms with Gasteiger partial charge in [-0.05, 0) is 40.5 Å². The number of guanidine groups is 1. The van der Waals surface area contributed by atoms with E-state index in [2.05, 4.69) is 32.7 Å². The van der Waals surface area contributed by atoms with Gasteiger partial charge in [0.05, 0.1) is 17.9 Å². The molecule has 0 radical (unpaired) electrons. The molecule has 7 heteroatoms. The number of thiazole rings is 1. The molecular formula is C16H25N5OS. The smallest absolute Gasteiger partial charge is 0.191 e. The first-order valence-electron chi connectivity index (χ1n) is 7.80. The Morgan fingerprint density at radius 3 is 2.52 bits per heavy atom. The van der Waals surface area contributed by atoms with E-state index in [4.69, 9.17) is 4.52 Å². The van der Waals surface area contributed by atoms with Gasteiger partial charge in [0.2, 0.25) is 0 Å². The molecule has 0 atom stereocenters. The molecule has 2 heterocycles. The largest absolute Gasteiger partial charge is 0.361 e. The lowest BCUT2D eigenvalue weighted by Crippen LogP contribution is -2.37. The minimum atomic E-state index is 0.697. The van der Waals surface area contributed by atoms with E-state index in [0.717, 1.165) is 47.5 Å². The number of aliphatic imine (C=N–C) groups is 1. The second-order valence-corrected chi connectivity index (χ2v) is 6.80. The van der Waals surface area contributed by atoms with Gasteiger partial charge in [-0.15, -0.1) is 11.3 Å². The number of hydrogen-bond donors (Lipinski definition) is 2. The molecule has 0 aliphatic rings. The van der Waals surface area contributed by atoms with E-state index in [1.165, 1.54) is 10.4 Å². The molecule has 2 rings (SSSR count). The van der Waals surface area contributed by atoms with Gasteiger partial charge in [0.25, 0.3) is 0 Å². The summed E-state index contributed by atoms with van der Waals surface area (Å²) in [7, 11) is 1.78. The third-order valence-corrected chi connectivity index (χ3v) is 4.85. The van der Waals surface area contributed by atoms with E-state index in [1.807, 2.05) is 20.8 Å². The zero-order chi connectivity index (χ0) is 16.8. The summed E-state index contributed by atoms with van der Waals surface area (Å²) in [4.78, 5) is 10.0. The van der Waals surface area contributed by atoms with Crippen molar-refractivity contribution in [2.24, 2.45) is 4.99 Å². The average Bonchev–Trinajstić information content (AvgIpc) is 3.02. The van der Waals surface area contributed by atoms with Crippen LogP contribution in [0.2, 0.25) is 0 Å². The minimum absolute atomic E-state index is 0.697. The van der Waals surface area contributed by atoms with Crippen molar-refractivity contribution in [3.05, 3.63) is 32.6 Å². The van der Waals surface area contributed by atoms with E-state index in [9.17, 15) is 0 Å². The first-order valence-corrected chi connectivity index (χ1v) is 8.62. The maximum absolute atomic E-state index is 5.18. The van der Waals surface area contributed by atoms with Crippen molar-refractivity contribution in [3.63, 3.8) is 0 Å². The van der Waals surface area contributed by atoms with Gasteiger partial charge in [-0.3, -0.25) is 4.99 Å². The van der Waals surface area contributed by atoms with E-state index in [1.54, 1.807) is 18.4 Å². The molecule has 0 saturated carbocycles. The monoisotopic (exact) mass is 335 g/mol. The molecule has 0 aliphatic carbocycles. The summed E-state index contributed by atoms with van der Waals surface area (Å²) in [6.45, 7) is 9.62. The molecule has 0 aromatic carbocycles. The number of rotatable bonds is 6. The Morgan fingerprint density at radius 2 is 1.96 bits per heavy atom. The van der Waals surface area contributed by atoms with E-state index in [-0.39, 0.29) is 0 Å². The van der Waals surface area contributed by atoms with Crippen molar-refractivity contribution < 1.29 is 4.52 Å². The summed E-state index contributed by atoms with van der Waals surface area (Å²) in [6, 6.07) is 0. The Bertz CT molecular complexity index is 635. The van der Waals surface area contributed by atoms with Crippen LogP contribution in [0.3, 0.4) is 0 Å². The summed E-state index contributed by atoms with van der Waals surface area (Å²) < 4.78 is 5.18. The fourth-order valence-electron chi connectivity index (χ4n) is 2.33. The Kier molecular flexibility index (Phi) is 6.15. The summed E-state index contributed by atoms with van der Waals surface area (Å²) in [5.74, 6) is 1.72. The minimum Gasteiger partial charge on any atom is -0.361 e.